The fraction of sp³-hybridized carbons (Fsp3) is 0.551. The van der Waals surface area contributed by atoms with E-state index in [1.807, 2.05) is 22.7 Å². The van der Waals surface area contributed by atoms with E-state index >= 15 is 9.59 Å². The minimum Gasteiger partial charge on any atom is -0.477 e. The standard InChI is InChI=1S/C89H118N4O4S4/c1-11-21-27-29-31-33-51-89(52-34-32-30-28-22-12-2)69-55-65(71-47-49-75(100-71)83-79-77(87(94)92(83)57-61(17-7)37-23-13-3)81(73-41-35-53-98-73)90-85(79)96-59-63(19-9)39-25-15-5)43-45-67(69)68-46-44-66(56-70(68)89)72-48-50-76(101-72)84-80-78(88(95)93(84)58-62(18-8)38-24-14-4)82(74-42-36-54-99-74)91-86(80)97-60-64(20-10)40-26-16-6/h35-36,41-50,53-56,61-64H,11-34,37-40,51-52,57-60H2,1-10H3. The van der Waals surface area contributed by atoms with Crippen molar-refractivity contribution in [2.24, 2.45) is 33.7 Å². The third kappa shape index (κ3) is 17.1. The largest absolute Gasteiger partial charge is 0.477 e. The van der Waals surface area contributed by atoms with Gasteiger partial charge in [0.2, 0.25) is 11.8 Å². The Morgan fingerprint density at radius 2 is 0.762 bits per heavy atom. The first-order valence-electron chi connectivity index (χ1n) is 40.1. The van der Waals surface area contributed by atoms with Crippen molar-refractivity contribution in [3.05, 3.63) is 149 Å². The van der Waals surface area contributed by atoms with Crippen LogP contribution in [0.1, 0.15) is 292 Å². The Balaban J connectivity index is 1.02. The van der Waals surface area contributed by atoms with Gasteiger partial charge in [-0.05, 0) is 155 Å². The zero-order valence-corrected chi connectivity index (χ0v) is 66.4. The van der Waals surface area contributed by atoms with E-state index in [4.69, 9.17) is 19.5 Å². The van der Waals surface area contributed by atoms with Crippen molar-refractivity contribution in [1.82, 2.24) is 9.80 Å². The van der Waals surface area contributed by atoms with Crippen molar-refractivity contribution in [2.75, 3.05) is 26.3 Å². The minimum absolute atomic E-state index is 0.0535. The summed E-state index contributed by atoms with van der Waals surface area (Å²) in [4.78, 5) is 52.6. The molecule has 1 aliphatic carbocycles. The van der Waals surface area contributed by atoms with Crippen molar-refractivity contribution >= 4 is 91.7 Å². The van der Waals surface area contributed by atoms with Crippen LogP contribution in [0.25, 0.3) is 54.8 Å². The van der Waals surface area contributed by atoms with Crippen molar-refractivity contribution < 1.29 is 19.1 Å². The lowest BCUT2D eigenvalue weighted by atomic mass is 9.70. The maximum Gasteiger partial charge on any atom is 0.261 e. The lowest BCUT2D eigenvalue weighted by Gasteiger charge is -2.33. The second-order valence-corrected chi connectivity index (χ2v) is 33.8. The molecule has 0 spiro atoms. The van der Waals surface area contributed by atoms with Crippen LogP contribution < -0.4 is 0 Å². The number of hydrogen-bond donors (Lipinski definition) is 0. The molecule has 11 rings (SSSR count). The highest BCUT2D eigenvalue weighted by molar-refractivity contribution is 7.17. The second kappa shape index (κ2) is 37.2. The van der Waals surface area contributed by atoms with E-state index in [1.54, 1.807) is 22.7 Å². The number of benzene rings is 2. The molecular weight excluding hydrogens is 1320 g/mol. The van der Waals surface area contributed by atoms with Crippen molar-refractivity contribution in [3.63, 3.8) is 0 Å². The Hall–Kier alpha value is -5.92. The fourth-order valence-corrected chi connectivity index (χ4v) is 20.0. The van der Waals surface area contributed by atoms with Crippen LogP contribution in [0.15, 0.2) is 128 Å². The van der Waals surface area contributed by atoms with Gasteiger partial charge in [0.15, 0.2) is 0 Å². The normalized spacial score (nSPS) is 16.7. The van der Waals surface area contributed by atoms with Gasteiger partial charge in [0.1, 0.15) is 0 Å². The summed E-state index contributed by atoms with van der Waals surface area (Å²) in [5, 5.41) is 4.19. The lowest BCUT2D eigenvalue weighted by Crippen LogP contribution is -2.31. The van der Waals surface area contributed by atoms with Gasteiger partial charge in [0, 0.05) is 28.3 Å². The fourth-order valence-electron chi connectivity index (χ4n) is 16.4. The first-order chi connectivity index (χ1) is 49.5. The van der Waals surface area contributed by atoms with Gasteiger partial charge in [-0.15, -0.1) is 45.3 Å². The van der Waals surface area contributed by atoms with Gasteiger partial charge >= 0.3 is 0 Å². The topological polar surface area (TPSA) is 83.8 Å². The van der Waals surface area contributed by atoms with Gasteiger partial charge in [0.25, 0.3) is 11.8 Å². The molecule has 0 N–H and O–H groups in total. The molecule has 8 heterocycles. The minimum atomic E-state index is -0.192. The zero-order chi connectivity index (χ0) is 70.8. The molecule has 542 valence electrons. The number of unbranched alkanes of at least 4 members (excludes halogenated alkanes) is 14. The van der Waals surface area contributed by atoms with E-state index in [0.29, 0.717) is 72.9 Å². The number of amides is 2. The molecule has 0 saturated heterocycles. The first kappa shape index (κ1) is 76.2. The average molecular weight is 1440 g/mol. The molecule has 8 nitrogen and oxygen atoms in total. The van der Waals surface area contributed by atoms with Crippen LogP contribution in [-0.2, 0) is 24.5 Å². The van der Waals surface area contributed by atoms with E-state index in [1.165, 1.54) is 133 Å². The summed E-state index contributed by atoms with van der Waals surface area (Å²) in [6, 6.07) is 32.6. The Labute approximate surface area is 624 Å². The van der Waals surface area contributed by atoms with Gasteiger partial charge in [-0.2, -0.15) is 0 Å². The van der Waals surface area contributed by atoms with Crippen LogP contribution in [0.2, 0.25) is 0 Å². The number of carbonyl (C=O) groups is 2. The Kier molecular flexibility index (Phi) is 28.1. The monoisotopic (exact) mass is 1430 g/mol. The highest BCUT2D eigenvalue weighted by Gasteiger charge is 2.49. The number of rotatable bonds is 44. The van der Waals surface area contributed by atoms with Crippen molar-refractivity contribution in [2.45, 2.75) is 267 Å². The van der Waals surface area contributed by atoms with Gasteiger partial charge < -0.3 is 19.3 Å². The maximum atomic E-state index is 15.5. The predicted molar refractivity (Wildman–Crippen MR) is 435 cm³/mol. The van der Waals surface area contributed by atoms with Gasteiger partial charge in [-0.25, -0.2) is 9.98 Å². The third-order valence-corrected chi connectivity index (χ3v) is 26.8. The average Bonchev–Trinajstić information content (AvgIpc) is 1.56. The zero-order valence-electron chi connectivity index (χ0n) is 63.1. The molecule has 5 aliphatic rings. The molecule has 12 heteroatoms. The van der Waals surface area contributed by atoms with Gasteiger partial charge in [0.05, 0.1) is 77.8 Å². The van der Waals surface area contributed by atoms with E-state index in [2.05, 4.69) is 175 Å². The van der Waals surface area contributed by atoms with E-state index in [9.17, 15) is 0 Å². The molecule has 2 aromatic carbocycles. The highest BCUT2D eigenvalue weighted by atomic mass is 32.1. The summed E-state index contributed by atoms with van der Waals surface area (Å²) in [6.45, 7) is 25.4. The molecule has 0 bridgehead atoms. The predicted octanol–water partition coefficient (Wildman–Crippen LogP) is 26.7. The van der Waals surface area contributed by atoms with E-state index in [-0.39, 0.29) is 17.2 Å². The van der Waals surface area contributed by atoms with Gasteiger partial charge in [-0.3, -0.25) is 9.59 Å². The van der Waals surface area contributed by atoms with Crippen LogP contribution in [0, 0.1) is 23.7 Å². The highest BCUT2D eigenvalue weighted by Crippen LogP contribution is 2.58. The molecule has 6 aromatic rings. The quantitative estimate of drug-likeness (QED) is 0.0357. The molecule has 0 radical (unpaired) electrons. The first-order valence-corrected chi connectivity index (χ1v) is 43.5. The number of fused-ring (bicyclic) bond motifs is 5. The van der Waals surface area contributed by atoms with Crippen molar-refractivity contribution in [3.8, 4) is 32.0 Å². The molecular formula is C89H118N4O4S4. The molecule has 101 heavy (non-hydrogen) atoms. The molecule has 0 fully saturated rings. The molecule has 4 aromatic heterocycles. The number of ether oxygens (including phenoxy) is 2. The van der Waals surface area contributed by atoms with Crippen LogP contribution >= 0.6 is 45.3 Å². The van der Waals surface area contributed by atoms with Crippen molar-refractivity contribution in [1.29, 1.82) is 0 Å². The number of nitrogens with zero attached hydrogens (tertiary/aromatic N) is 4. The number of hydrogen-bond acceptors (Lipinski definition) is 10. The maximum absolute atomic E-state index is 15.5. The second-order valence-electron chi connectivity index (χ2n) is 29.8. The van der Waals surface area contributed by atoms with Crippen LogP contribution in [0.4, 0.5) is 0 Å². The number of carbonyl (C=O) groups excluding carboxylic acids is 2. The summed E-state index contributed by atoms with van der Waals surface area (Å²) in [5.41, 5.74) is 14.6. The summed E-state index contributed by atoms with van der Waals surface area (Å²) >= 11 is 6.94. The third-order valence-electron chi connectivity index (χ3n) is 22.8. The molecule has 4 unspecified atom stereocenters. The van der Waals surface area contributed by atoms with Crippen LogP contribution in [0.5, 0.6) is 0 Å². The van der Waals surface area contributed by atoms with E-state index < -0.39 is 0 Å². The molecule has 4 aliphatic heterocycles. The summed E-state index contributed by atoms with van der Waals surface area (Å²) in [6.07, 6.45) is 34.9. The summed E-state index contributed by atoms with van der Waals surface area (Å²) < 4.78 is 13.9. The van der Waals surface area contributed by atoms with Crippen LogP contribution in [0.3, 0.4) is 0 Å². The Bertz CT molecular complexity index is 3670. The summed E-state index contributed by atoms with van der Waals surface area (Å²) in [5.74, 6) is 2.89. The molecule has 4 atom stereocenters. The van der Waals surface area contributed by atoms with E-state index in [0.717, 1.165) is 156 Å². The lowest BCUT2D eigenvalue weighted by molar-refractivity contribution is -0.124. The van der Waals surface area contributed by atoms with Crippen LogP contribution in [-0.4, -0.2) is 59.7 Å². The van der Waals surface area contributed by atoms with Gasteiger partial charge in [-0.1, -0.05) is 260 Å². The SMILES string of the molecule is CCCCCCCCC1(CCCCCCCC)c2cc(-c3ccc(C4=C5C(OCC(CC)CCCC)=NC(c6cccs6)=C5C(=O)N4CC(CC)CCCC)s3)ccc2-c2ccc(-c3ccc(C4=C5C(OCC(CC)CCCC)=NC(c6cccs6)=C5C(=O)N4CC(CC)CCCC)s3)cc21. The number of aliphatic imine (C=N–C) groups is 2. The summed E-state index contributed by atoms with van der Waals surface area (Å²) in [7, 11) is 0. The molecule has 2 amide bonds. The number of thiophene rings is 4. The smallest absolute Gasteiger partial charge is 0.261 e. The Morgan fingerprint density at radius 1 is 0.396 bits per heavy atom. The molecule has 0 saturated carbocycles. The Morgan fingerprint density at radius 3 is 1.13 bits per heavy atom.